The summed E-state index contributed by atoms with van der Waals surface area (Å²) in [4.78, 5) is 27.4. The maximum absolute atomic E-state index is 12.9. The molecular weight excluding hydrogens is 370 g/mol. The smallest absolute Gasteiger partial charge is 0.295 e. The van der Waals surface area contributed by atoms with Crippen LogP contribution in [0.15, 0.2) is 60.2 Å². The molecule has 2 aliphatic rings. The summed E-state index contributed by atoms with van der Waals surface area (Å²) < 4.78 is 10.9. The van der Waals surface area contributed by atoms with Crippen LogP contribution in [0.25, 0.3) is 5.76 Å². The van der Waals surface area contributed by atoms with E-state index in [1.165, 1.54) is 4.90 Å². The van der Waals surface area contributed by atoms with Gasteiger partial charge in [0.15, 0.2) is 0 Å². The molecule has 2 saturated heterocycles. The lowest BCUT2D eigenvalue weighted by Gasteiger charge is -2.27. The van der Waals surface area contributed by atoms with Crippen LogP contribution in [0.3, 0.4) is 0 Å². The minimum absolute atomic E-state index is 0.101. The average molecular weight is 393 g/mol. The Labute approximate surface area is 169 Å². The lowest BCUT2D eigenvalue weighted by Crippen LogP contribution is -2.36. The molecule has 6 heteroatoms. The maximum Gasteiger partial charge on any atom is 0.295 e. The number of likely N-dealkylation sites (tertiary alicyclic amines) is 1. The largest absolute Gasteiger partial charge is 0.507 e. The predicted octanol–water partition coefficient (Wildman–Crippen LogP) is 3.30. The molecule has 6 nitrogen and oxygen atoms in total. The topological polar surface area (TPSA) is 76.1 Å². The number of amides is 1. The van der Waals surface area contributed by atoms with E-state index >= 15 is 0 Å². The van der Waals surface area contributed by atoms with Crippen LogP contribution in [0.4, 0.5) is 0 Å². The number of carbonyl (C=O) groups is 2. The fourth-order valence-electron chi connectivity index (χ4n) is 3.96. The minimum atomic E-state index is -0.676. The second kappa shape index (κ2) is 8.09. The molecule has 2 fully saturated rings. The number of carbonyl (C=O) groups excluding carboxylic acids is 2. The van der Waals surface area contributed by atoms with Crippen molar-refractivity contribution in [3.05, 3.63) is 71.3 Å². The summed E-state index contributed by atoms with van der Waals surface area (Å²) in [5.74, 6) is -0.781. The van der Waals surface area contributed by atoms with Crippen LogP contribution in [-0.4, -0.2) is 48.1 Å². The molecule has 2 aromatic rings. The standard InChI is InChI=1S/C23H23NO5/c1-28-17-11-9-15(10-12-17)20-19(21(25)16-6-3-2-4-7-16)22(26)23(27)24(20)14-18-8-5-13-29-18/h2-4,6-7,9-12,18,20,25H,5,8,13-14H2,1H3/b21-19+/t18-,20+/m1/s1. The number of rotatable bonds is 5. The van der Waals surface area contributed by atoms with E-state index in [1.807, 2.05) is 18.2 Å². The highest BCUT2D eigenvalue weighted by Gasteiger charge is 2.47. The maximum atomic E-state index is 12.9. The lowest BCUT2D eigenvalue weighted by atomic mass is 9.95. The van der Waals surface area contributed by atoms with Crippen molar-refractivity contribution in [2.24, 2.45) is 0 Å². The molecule has 0 bridgehead atoms. The summed E-state index contributed by atoms with van der Waals surface area (Å²) in [7, 11) is 1.58. The van der Waals surface area contributed by atoms with Crippen molar-refractivity contribution >= 4 is 17.4 Å². The van der Waals surface area contributed by atoms with Gasteiger partial charge in [-0.15, -0.1) is 0 Å². The molecule has 2 heterocycles. The quantitative estimate of drug-likeness (QED) is 0.479. The van der Waals surface area contributed by atoms with Gasteiger partial charge in [0, 0.05) is 18.7 Å². The van der Waals surface area contributed by atoms with Crippen LogP contribution in [-0.2, 0) is 14.3 Å². The number of ketones is 1. The van der Waals surface area contributed by atoms with Crippen LogP contribution in [0, 0.1) is 0 Å². The van der Waals surface area contributed by atoms with Gasteiger partial charge in [-0.1, -0.05) is 42.5 Å². The van der Waals surface area contributed by atoms with Crippen molar-refractivity contribution in [1.29, 1.82) is 0 Å². The number of nitrogens with zero attached hydrogens (tertiary/aromatic N) is 1. The molecule has 0 saturated carbocycles. The molecule has 2 atom stereocenters. The number of methoxy groups -OCH3 is 1. The molecule has 0 spiro atoms. The first-order valence-corrected chi connectivity index (χ1v) is 9.69. The van der Waals surface area contributed by atoms with Gasteiger partial charge in [-0.25, -0.2) is 0 Å². The third-order valence-electron chi connectivity index (χ3n) is 5.44. The zero-order chi connectivity index (χ0) is 20.4. The summed E-state index contributed by atoms with van der Waals surface area (Å²) in [6.07, 6.45) is 1.67. The average Bonchev–Trinajstić information content (AvgIpc) is 3.36. The Morgan fingerprint density at radius 1 is 1.14 bits per heavy atom. The molecule has 1 N–H and O–H groups in total. The summed E-state index contributed by atoms with van der Waals surface area (Å²) in [5, 5.41) is 10.9. The number of ether oxygens (including phenoxy) is 2. The van der Waals surface area contributed by atoms with E-state index in [-0.39, 0.29) is 17.4 Å². The van der Waals surface area contributed by atoms with Gasteiger partial charge in [0.2, 0.25) is 0 Å². The number of hydrogen-bond donors (Lipinski definition) is 1. The SMILES string of the molecule is COc1ccc([C@H]2/C(=C(\O)c3ccccc3)C(=O)C(=O)N2C[C@H]2CCCO2)cc1. The van der Waals surface area contributed by atoms with Gasteiger partial charge in [-0.3, -0.25) is 9.59 Å². The van der Waals surface area contributed by atoms with Gasteiger partial charge in [-0.05, 0) is 30.5 Å². The van der Waals surface area contributed by atoms with E-state index in [4.69, 9.17) is 9.47 Å². The highest BCUT2D eigenvalue weighted by molar-refractivity contribution is 6.46. The molecule has 0 aromatic heterocycles. The normalized spacial score (nSPS) is 23.6. The molecule has 0 unspecified atom stereocenters. The monoisotopic (exact) mass is 393 g/mol. The Morgan fingerprint density at radius 3 is 2.48 bits per heavy atom. The molecule has 2 aliphatic heterocycles. The molecule has 0 radical (unpaired) electrons. The van der Waals surface area contributed by atoms with Crippen molar-refractivity contribution in [1.82, 2.24) is 4.90 Å². The second-order valence-corrected chi connectivity index (χ2v) is 7.23. The third-order valence-corrected chi connectivity index (χ3v) is 5.44. The van der Waals surface area contributed by atoms with E-state index in [0.29, 0.717) is 24.5 Å². The van der Waals surface area contributed by atoms with E-state index in [0.717, 1.165) is 18.4 Å². The Balaban J connectivity index is 1.80. The van der Waals surface area contributed by atoms with Gasteiger partial charge in [0.25, 0.3) is 11.7 Å². The third kappa shape index (κ3) is 3.63. The molecule has 2 aromatic carbocycles. The fraction of sp³-hybridized carbons (Fsp3) is 0.304. The van der Waals surface area contributed by atoms with Crippen LogP contribution in [0.1, 0.15) is 30.0 Å². The zero-order valence-electron chi connectivity index (χ0n) is 16.2. The fourth-order valence-corrected chi connectivity index (χ4v) is 3.96. The first kappa shape index (κ1) is 19.2. The number of benzene rings is 2. The van der Waals surface area contributed by atoms with Crippen molar-refractivity contribution in [2.45, 2.75) is 25.0 Å². The van der Waals surface area contributed by atoms with E-state index in [2.05, 4.69) is 0 Å². The molecule has 150 valence electrons. The Hall–Kier alpha value is -3.12. The summed E-state index contributed by atoms with van der Waals surface area (Å²) >= 11 is 0. The van der Waals surface area contributed by atoms with Crippen molar-refractivity contribution in [2.75, 3.05) is 20.3 Å². The Kier molecular flexibility index (Phi) is 5.36. The van der Waals surface area contributed by atoms with Crippen molar-refractivity contribution in [3.8, 4) is 5.75 Å². The number of aliphatic hydroxyl groups excluding tert-OH is 1. The van der Waals surface area contributed by atoms with Crippen molar-refractivity contribution in [3.63, 3.8) is 0 Å². The van der Waals surface area contributed by atoms with Crippen LogP contribution < -0.4 is 4.74 Å². The van der Waals surface area contributed by atoms with Gasteiger partial charge in [0.05, 0.1) is 24.8 Å². The van der Waals surface area contributed by atoms with Gasteiger partial charge in [0.1, 0.15) is 11.5 Å². The summed E-state index contributed by atoms with van der Waals surface area (Å²) in [6.45, 7) is 0.971. The Bertz CT molecular complexity index is 930. The number of hydrogen-bond acceptors (Lipinski definition) is 5. The summed E-state index contributed by atoms with van der Waals surface area (Å²) in [5.41, 5.74) is 1.34. The predicted molar refractivity (Wildman–Crippen MR) is 107 cm³/mol. The van der Waals surface area contributed by atoms with Gasteiger partial charge < -0.3 is 19.5 Å². The van der Waals surface area contributed by atoms with Crippen LogP contribution in [0.2, 0.25) is 0 Å². The van der Waals surface area contributed by atoms with E-state index in [1.54, 1.807) is 43.5 Å². The number of Topliss-reactive ketones (excluding diaryl/α,β-unsaturated/α-hetero) is 1. The highest BCUT2D eigenvalue weighted by Crippen LogP contribution is 2.40. The van der Waals surface area contributed by atoms with Gasteiger partial charge >= 0.3 is 0 Å². The molecular formula is C23H23NO5. The molecule has 29 heavy (non-hydrogen) atoms. The van der Waals surface area contributed by atoms with Crippen molar-refractivity contribution < 1.29 is 24.2 Å². The first-order chi connectivity index (χ1) is 14.1. The first-order valence-electron chi connectivity index (χ1n) is 9.69. The zero-order valence-corrected chi connectivity index (χ0v) is 16.2. The van der Waals surface area contributed by atoms with E-state index in [9.17, 15) is 14.7 Å². The molecule has 1 amide bonds. The summed E-state index contributed by atoms with van der Waals surface area (Å²) in [6, 6.07) is 15.3. The lowest BCUT2D eigenvalue weighted by molar-refractivity contribution is -0.140. The van der Waals surface area contributed by atoms with Crippen LogP contribution in [0.5, 0.6) is 5.75 Å². The Morgan fingerprint density at radius 2 is 1.86 bits per heavy atom. The second-order valence-electron chi connectivity index (χ2n) is 7.23. The number of aliphatic hydroxyl groups is 1. The minimum Gasteiger partial charge on any atom is -0.507 e. The molecule has 0 aliphatic carbocycles. The van der Waals surface area contributed by atoms with Crippen LogP contribution >= 0.6 is 0 Å². The van der Waals surface area contributed by atoms with Gasteiger partial charge in [-0.2, -0.15) is 0 Å². The molecule has 4 rings (SSSR count). The highest BCUT2D eigenvalue weighted by atomic mass is 16.5. The van der Waals surface area contributed by atoms with E-state index < -0.39 is 17.7 Å².